The van der Waals surface area contributed by atoms with Crippen molar-refractivity contribution in [2.75, 3.05) is 5.32 Å². The quantitative estimate of drug-likeness (QED) is 0.719. The van der Waals surface area contributed by atoms with Crippen LogP contribution in [0.3, 0.4) is 0 Å². The molecule has 1 fully saturated rings. The van der Waals surface area contributed by atoms with Gasteiger partial charge in [0.1, 0.15) is 6.04 Å². The van der Waals surface area contributed by atoms with Crippen molar-refractivity contribution in [3.8, 4) is 0 Å². The van der Waals surface area contributed by atoms with E-state index >= 15 is 0 Å². The highest BCUT2D eigenvalue weighted by Gasteiger charge is 2.28. The van der Waals surface area contributed by atoms with Gasteiger partial charge in [-0.3, -0.25) is 9.59 Å². The third-order valence-electron chi connectivity index (χ3n) is 3.52. The maximum Gasteiger partial charge on any atom is 0.248 e. The van der Waals surface area contributed by atoms with E-state index in [1.807, 2.05) is 0 Å². The van der Waals surface area contributed by atoms with Crippen molar-refractivity contribution in [1.29, 1.82) is 0 Å². The summed E-state index contributed by atoms with van der Waals surface area (Å²) in [7, 11) is 0. The second-order valence-corrected chi connectivity index (χ2v) is 6.12. The van der Waals surface area contributed by atoms with Crippen LogP contribution >= 0.6 is 11.3 Å². The lowest BCUT2D eigenvalue weighted by atomic mass is 9.99. The average Bonchev–Trinajstić information content (AvgIpc) is 2.94. The standard InChI is InChI=1S/C12H16N4O2S/c13-6-1-2-7-9(5-6)19-12(15-7)16-11(18)8-3-4-10(17)14-8/h6,8H,1-5,13H2,(H,14,17)(H,15,16,18)/t6-,8?/m0/s1. The molecule has 4 N–H and O–H groups in total. The van der Waals surface area contributed by atoms with E-state index < -0.39 is 6.04 Å². The molecule has 19 heavy (non-hydrogen) atoms. The molecule has 1 unspecified atom stereocenters. The second kappa shape index (κ2) is 4.90. The molecule has 0 saturated carbocycles. The second-order valence-electron chi connectivity index (χ2n) is 5.04. The number of carbonyl (C=O) groups excluding carboxylic acids is 2. The topological polar surface area (TPSA) is 97.1 Å². The molecule has 0 aromatic carbocycles. The molecule has 7 heteroatoms. The molecule has 2 atom stereocenters. The fraction of sp³-hybridized carbons (Fsp3) is 0.583. The summed E-state index contributed by atoms with van der Waals surface area (Å²) in [6, 6.07) is -0.221. The number of carbonyl (C=O) groups is 2. The summed E-state index contributed by atoms with van der Waals surface area (Å²) < 4.78 is 0. The molecule has 3 rings (SSSR count). The molecule has 0 bridgehead atoms. The van der Waals surface area contributed by atoms with Crippen molar-refractivity contribution >= 4 is 28.3 Å². The summed E-state index contributed by atoms with van der Waals surface area (Å²) in [5.74, 6) is -0.245. The van der Waals surface area contributed by atoms with Crippen molar-refractivity contribution in [3.63, 3.8) is 0 Å². The Morgan fingerprint density at radius 3 is 3.00 bits per heavy atom. The van der Waals surface area contributed by atoms with Gasteiger partial charge >= 0.3 is 0 Å². The first-order valence-corrected chi connectivity index (χ1v) is 7.28. The largest absolute Gasteiger partial charge is 0.344 e. The number of aryl methyl sites for hydroxylation is 1. The molecule has 1 saturated heterocycles. The van der Waals surface area contributed by atoms with Gasteiger partial charge in [-0.25, -0.2) is 4.98 Å². The molecule has 2 aliphatic rings. The summed E-state index contributed by atoms with van der Waals surface area (Å²) in [5, 5.41) is 6.05. The Balaban J connectivity index is 1.67. The molecule has 6 nitrogen and oxygen atoms in total. The number of rotatable bonds is 2. The number of nitrogens with one attached hydrogen (secondary N) is 2. The smallest absolute Gasteiger partial charge is 0.248 e. The molecule has 1 aromatic rings. The Morgan fingerprint density at radius 2 is 2.26 bits per heavy atom. The van der Waals surface area contributed by atoms with Crippen LogP contribution in [0, 0.1) is 0 Å². The maximum atomic E-state index is 12.0. The molecule has 2 amide bonds. The molecule has 2 heterocycles. The zero-order valence-electron chi connectivity index (χ0n) is 10.4. The number of fused-ring (bicyclic) bond motifs is 1. The number of hydrogen-bond acceptors (Lipinski definition) is 5. The Hall–Kier alpha value is -1.47. The van der Waals surface area contributed by atoms with Gasteiger partial charge in [0.2, 0.25) is 11.8 Å². The molecule has 0 spiro atoms. The van der Waals surface area contributed by atoms with Crippen LogP contribution in [-0.4, -0.2) is 28.9 Å². The molecule has 1 aliphatic heterocycles. The zero-order valence-corrected chi connectivity index (χ0v) is 11.3. The van der Waals surface area contributed by atoms with Gasteiger partial charge in [-0.2, -0.15) is 0 Å². The summed E-state index contributed by atoms with van der Waals surface area (Å²) in [4.78, 5) is 28.6. The molecule has 1 aliphatic carbocycles. The Bertz CT molecular complexity index is 528. The van der Waals surface area contributed by atoms with Gasteiger partial charge in [0.25, 0.3) is 0 Å². The highest BCUT2D eigenvalue weighted by atomic mass is 32.1. The molecule has 0 radical (unpaired) electrons. The Morgan fingerprint density at radius 1 is 1.42 bits per heavy atom. The van der Waals surface area contributed by atoms with E-state index in [0.717, 1.165) is 25.0 Å². The van der Waals surface area contributed by atoms with Gasteiger partial charge in [-0.1, -0.05) is 0 Å². The first-order chi connectivity index (χ1) is 9.11. The number of amides is 2. The van der Waals surface area contributed by atoms with Crippen LogP contribution < -0.4 is 16.4 Å². The summed E-state index contributed by atoms with van der Waals surface area (Å²) in [6.07, 6.45) is 3.64. The summed E-state index contributed by atoms with van der Waals surface area (Å²) in [5.41, 5.74) is 6.97. The third kappa shape index (κ3) is 2.62. The van der Waals surface area contributed by atoms with Crippen LogP contribution in [0.4, 0.5) is 5.13 Å². The first kappa shape index (κ1) is 12.6. The number of anilines is 1. The minimum absolute atomic E-state index is 0.0652. The van der Waals surface area contributed by atoms with E-state index in [4.69, 9.17) is 5.73 Å². The highest BCUT2D eigenvalue weighted by Crippen LogP contribution is 2.29. The predicted octanol–water partition coefficient (Wildman–Crippen LogP) is 0.176. The van der Waals surface area contributed by atoms with Gasteiger partial charge in [-0.05, 0) is 25.7 Å². The van der Waals surface area contributed by atoms with E-state index in [0.29, 0.717) is 18.0 Å². The number of thiazole rings is 1. The highest BCUT2D eigenvalue weighted by molar-refractivity contribution is 7.15. The normalized spacial score (nSPS) is 25.8. The van der Waals surface area contributed by atoms with Crippen LogP contribution in [0.1, 0.15) is 29.8 Å². The molecule has 102 valence electrons. The van der Waals surface area contributed by atoms with Gasteiger partial charge in [0, 0.05) is 17.3 Å². The summed E-state index contributed by atoms with van der Waals surface area (Å²) in [6.45, 7) is 0. The number of nitrogens with zero attached hydrogens (tertiary/aromatic N) is 1. The fourth-order valence-electron chi connectivity index (χ4n) is 2.46. The summed E-state index contributed by atoms with van der Waals surface area (Å²) >= 11 is 1.49. The monoisotopic (exact) mass is 280 g/mol. The van der Waals surface area contributed by atoms with E-state index in [1.165, 1.54) is 16.2 Å². The first-order valence-electron chi connectivity index (χ1n) is 6.46. The van der Waals surface area contributed by atoms with Gasteiger partial charge in [-0.15, -0.1) is 11.3 Å². The lowest BCUT2D eigenvalue weighted by molar-refractivity contribution is -0.122. The van der Waals surface area contributed by atoms with Crippen molar-refractivity contribution in [1.82, 2.24) is 10.3 Å². The third-order valence-corrected chi connectivity index (χ3v) is 4.56. The van der Waals surface area contributed by atoms with Crippen LogP contribution in [0.25, 0.3) is 0 Å². The van der Waals surface area contributed by atoms with E-state index in [2.05, 4.69) is 15.6 Å². The average molecular weight is 280 g/mol. The van der Waals surface area contributed by atoms with Crippen LogP contribution in [-0.2, 0) is 22.4 Å². The molecular weight excluding hydrogens is 264 g/mol. The lowest BCUT2D eigenvalue weighted by Crippen LogP contribution is -2.37. The minimum atomic E-state index is -0.421. The molecular formula is C12H16N4O2S. The van der Waals surface area contributed by atoms with Crippen molar-refractivity contribution < 1.29 is 9.59 Å². The van der Waals surface area contributed by atoms with E-state index in [-0.39, 0.29) is 17.9 Å². The zero-order chi connectivity index (χ0) is 13.4. The predicted molar refractivity (Wildman–Crippen MR) is 71.9 cm³/mol. The van der Waals surface area contributed by atoms with Crippen molar-refractivity contribution in [3.05, 3.63) is 10.6 Å². The van der Waals surface area contributed by atoms with Crippen LogP contribution in [0.5, 0.6) is 0 Å². The van der Waals surface area contributed by atoms with Crippen molar-refractivity contribution in [2.45, 2.75) is 44.2 Å². The van der Waals surface area contributed by atoms with E-state index in [9.17, 15) is 9.59 Å². The lowest BCUT2D eigenvalue weighted by Gasteiger charge is -2.15. The Labute approximate surface area is 114 Å². The van der Waals surface area contributed by atoms with Crippen molar-refractivity contribution in [2.24, 2.45) is 5.73 Å². The van der Waals surface area contributed by atoms with Gasteiger partial charge in [0.05, 0.1) is 5.69 Å². The SMILES string of the molecule is N[C@H]1CCc2nc(NC(=O)C3CCC(=O)N3)sc2C1. The van der Waals surface area contributed by atoms with Gasteiger partial charge < -0.3 is 16.4 Å². The van der Waals surface area contributed by atoms with Crippen LogP contribution in [0.2, 0.25) is 0 Å². The van der Waals surface area contributed by atoms with Crippen LogP contribution in [0.15, 0.2) is 0 Å². The van der Waals surface area contributed by atoms with Gasteiger partial charge in [0.15, 0.2) is 5.13 Å². The number of hydrogen-bond donors (Lipinski definition) is 3. The minimum Gasteiger partial charge on any atom is -0.344 e. The number of nitrogens with two attached hydrogens (primary N) is 1. The number of aromatic nitrogens is 1. The Kier molecular flexibility index (Phi) is 3.24. The molecule has 1 aromatic heterocycles. The maximum absolute atomic E-state index is 12.0. The fourth-order valence-corrected chi connectivity index (χ4v) is 3.56. The van der Waals surface area contributed by atoms with E-state index in [1.54, 1.807) is 0 Å².